The summed E-state index contributed by atoms with van der Waals surface area (Å²) in [6, 6.07) is 4.53. The SMILES string of the molecule is CC(c1ccncc1)N(C)CC(C)(C)CN. The van der Waals surface area contributed by atoms with Gasteiger partial charge in [0.2, 0.25) is 0 Å². The van der Waals surface area contributed by atoms with E-state index in [9.17, 15) is 0 Å². The number of nitrogens with zero attached hydrogens (tertiary/aromatic N) is 2. The summed E-state index contributed by atoms with van der Waals surface area (Å²) in [4.78, 5) is 6.37. The average Bonchev–Trinajstić information content (AvgIpc) is 2.28. The van der Waals surface area contributed by atoms with Gasteiger partial charge in [-0.3, -0.25) is 9.88 Å². The number of aromatic nitrogens is 1. The van der Waals surface area contributed by atoms with Gasteiger partial charge in [0.25, 0.3) is 0 Å². The summed E-state index contributed by atoms with van der Waals surface area (Å²) in [5.41, 5.74) is 7.22. The van der Waals surface area contributed by atoms with Crippen LogP contribution in [-0.2, 0) is 0 Å². The van der Waals surface area contributed by atoms with Gasteiger partial charge in [0.1, 0.15) is 0 Å². The van der Waals surface area contributed by atoms with Gasteiger partial charge >= 0.3 is 0 Å². The van der Waals surface area contributed by atoms with Gasteiger partial charge in [0.05, 0.1) is 0 Å². The molecule has 0 fully saturated rings. The summed E-state index contributed by atoms with van der Waals surface area (Å²) in [5, 5.41) is 0. The fraction of sp³-hybridized carbons (Fsp3) is 0.615. The summed E-state index contributed by atoms with van der Waals surface area (Å²) >= 11 is 0. The van der Waals surface area contributed by atoms with Crippen LogP contribution in [0.2, 0.25) is 0 Å². The van der Waals surface area contributed by atoms with Gasteiger partial charge in [0, 0.05) is 25.0 Å². The van der Waals surface area contributed by atoms with Crippen LogP contribution >= 0.6 is 0 Å². The van der Waals surface area contributed by atoms with Crippen LogP contribution in [-0.4, -0.2) is 30.0 Å². The van der Waals surface area contributed by atoms with Gasteiger partial charge in [-0.2, -0.15) is 0 Å². The number of nitrogens with two attached hydrogens (primary N) is 1. The van der Waals surface area contributed by atoms with E-state index in [1.807, 2.05) is 12.4 Å². The standard InChI is InChI=1S/C13H23N3/c1-11(12-5-7-15-8-6-12)16(4)10-13(2,3)9-14/h5-8,11H,9-10,14H2,1-4H3. The van der Waals surface area contributed by atoms with Crippen molar-refractivity contribution in [3.8, 4) is 0 Å². The molecule has 1 unspecified atom stereocenters. The van der Waals surface area contributed by atoms with E-state index in [4.69, 9.17) is 5.73 Å². The molecule has 0 aliphatic rings. The molecular formula is C13H23N3. The van der Waals surface area contributed by atoms with Crippen molar-refractivity contribution in [1.29, 1.82) is 0 Å². The molecule has 0 aromatic carbocycles. The van der Waals surface area contributed by atoms with Gasteiger partial charge < -0.3 is 5.73 Å². The summed E-state index contributed by atoms with van der Waals surface area (Å²) in [7, 11) is 2.14. The molecule has 1 atom stereocenters. The zero-order valence-corrected chi connectivity index (χ0v) is 10.8. The predicted octanol–water partition coefficient (Wildman–Crippen LogP) is 2.06. The van der Waals surface area contributed by atoms with Gasteiger partial charge in [-0.05, 0) is 43.6 Å². The normalized spacial score (nSPS) is 14.1. The lowest BCUT2D eigenvalue weighted by atomic mass is 9.92. The molecule has 90 valence electrons. The Labute approximate surface area is 98.7 Å². The maximum atomic E-state index is 5.76. The van der Waals surface area contributed by atoms with Gasteiger partial charge in [0.15, 0.2) is 0 Å². The van der Waals surface area contributed by atoms with Crippen LogP contribution < -0.4 is 5.73 Å². The minimum atomic E-state index is 0.163. The first kappa shape index (κ1) is 13.1. The molecule has 16 heavy (non-hydrogen) atoms. The Morgan fingerprint density at radius 3 is 2.44 bits per heavy atom. The quantitative estimate of drug-likeness (QED) is 0.827. The number of hydrogen-bond acceptors (Lipinski definition) is 3. The minimum absolute atomic E-state index is 0.163. The molecule has 0 radical (unpaired) electrons. The van der Waals surface area contributed by atoms with Crippen molar-refractivity contribution in [2.75, 3.05) is 20.1 Å². The van der Waals surface area contributed by atoms with Gasteiger partial charge in [-0.1, -0.05) is 13.8 Å². The van der Waals surface area contributed by atoms with E-state index in [0.717, 1.165) is 6.54 Å². The second-order valence-corrected chi connectivity index (χ2v) is 5.24. The van der Waals surface area contributed by atoms with Crippen molar-refractivity contribution in [3.05, 3.63) is 30.1 Å². The molecule has 0 amide bonds. The Morgan fingerprint density at radius 2 is 1.94 bits per heavy atom. The minimum Gasteiger partial charge on any atom is -0.330 e. The second kappa shape index (κ2) is 5.41. The van der Waals surface area contributed by atoms with E-state index in [2.05, 4.69) is 49.8 Å². The summed E-state index contributed by atoms with van der Waals surface area (Å²) in [5.74, 6) is 0. The number of rotatable bonds is 5. The highest BCUT2D eigenvalue weighted by Gasteiger charge is 2.21. The Hall–Kier alpha value is -0.930. The molecule has 0 spiro atoms. The molecule has 0 saturated heterocycles. The fourth-order valence-corrected chi connectivity index (χ4v) is 1.77. The van der Waals surface area contributed by atoms with Gasteiger partial charge in [-0.15, -0.1) is 0 Å². The number of pyridine rings is 1. The molecule has 0 aliphatic heterocycles. The molecule has 3 heteroatoms. The van der Waals surface area contributed by atoms with Crippen molar-refractivity contribution in [2.45, 2.75) is 26.8 Å². The predicted molar refractivity (Wildman–Crippen MR) is 68.1 cm³/mol. The van der Waals surface area contributed by atoms with Crippen molar-refractivity contribution in [2.24, 2.45) is 11.1 Å². The number of hydrogen-bond donors (Lipinski definition) is 1. The average molecular weight is 221 g/mol. The maximum Gasteiger partial charge on any atom is 0.0318 e. The first-order valence-corrected chi connectivity index (χ1v) is 5.76. The highest BCUT2D eigenvalue weighted by atomic mass is 15.1. The van der Waals surface area contributed by atoms with Crippen molar-refractivity contribution >= 4 is 0 Å². The largest absolute Gasteiger partial charge is 0.330 e. The maximum absolute atomic E-state index is 5.76. The molecule has 1 heterocycles. The van der Waals surface area contributed by atoms with E-state index in [1.165, 1.54) is 5.56 Å². The third kappa shape index (κ3) is 3.58. The zero-order valence-electron chi connectivity index (χ0n) is 10.8. The second-order valence-electron chi connectivity index (χ2n) is 5.24. The van der Waals surface area contributed by atoms with E-state index in [0.29, 0.717) is 12.6 Å². The Morgan fingerprint density at radius 1 is 1.38 bits per heavy atom. The Bertz CT molecular complexity index is 308. The molecule has 0 bridgehead atoms. The van der Waals surface area contributed by atoms with Gasteiger partial charge in [-0.25, -0.2) is 0 Å². The lowest BCUT2D eigenvalue weighted by Crippen LogP contribution is -2.37. The monoisotopic (exact) mass is 221 g/mol. The molecule has 0 aliphatic carbocycles. The third-order valence-corrected chi connectivity index (χ3v) is 3.08. The summed E-state index contributed by atoms with van der Waals surface area (Å²) < 4.78 is 0. The summed E-state index contributed by atoms with van der Waals surface area (Å²) in [6.07, 6.45) is 3.68. The zero-order chi connectivity index (χ0) is 12.2. The fourth-order valence-electron chi connectivity index (χ4n) is 1.77. The van der Waals surface area contributed by atoms with Crippen molar-refractivity contribution in [3.63, 3.8) is 0 Å². The van der Waals surface area contributed by atoms with Crippen molar-refractivity contribution < 1.29 is 0 Å². The molecule has 1 aromatic rings. The van der Waals surface area contributed by atoms with E-state index in [-0.39, 0.29) is 5.41 Å². The third-order valence-electron chi connectivity index (χ3n) is 3.08. The summed E-state index contributed by atoms with van der Waals surface area (Å²) in [6.45, 7) is 8.31. The van der Waals surface area contributed by atoms with Crippen LogP contribution in [0.5, 0.6) is 0 Å². The molecule has 0 saturated carbocycles. The van der Waals surface area contributed by atoms with E-state index in [1.54, 1.807) is 0 Å². The Kier molecular flexibility index (Phi) is 4.44. The van der Waals surface area contributed by atoms with E-state index < -0.39 is 0 Å². The molecule has 1 aromatic heterocycles. The van der Waals surface area contributed by atoms with E-state index >= 15 is 0 Å². The molecule has 1 rings (SSSR count). The topological polar surface area (TPSA) is 42.2 Å². The lowest BCUT2D eigenvalue weighted by Gasteiger charge is -2.33. The van der Waals surface area contributed by atoms with Crippen LogP contribution in [0.1, 0.15) is 32.4 Å². The van der Waals surface area contributed by atoms with Crippen LogP contribution in [0.3, 0.4) is 0 Å². The highest BCUT2D eigenvalue weighted by molar-refractivity contribution is 5.14. The van der Waals surface area contributed by atoms with Crippen LogP contribution in [0, 0.1) is 5.41 Å². The van der Waals surface area contributed by atoms with Crippen molar-refractivity contribution in [1.82, 2.24) is 9.88 Å². The van der Waals surface area contributed by atoms with Crippen LogP contribution in [0.15, 0.2) is 24.5 Å². The first-order valence-electron chi connectivity index (χ1n) is 5.76. The smallest absolute Gasteiger partial charge is 0.0318 e. The lowest BCUT2D eigenvalue weighted by molar-refractivity contribution is 0.174. The van der Waals surface area contributed by atoms with Crippen LogP contribution in [0.4, 0.5) is 0 Å². The highest BCUT2D eigenvalue weighted by Crippen LogP contribution is 2.22. The molecular weight excluding hydrogens is 198 g/mol. The molecule has 2 N–H and O–H groups in total. The van der Waals surface area contributed by atoms with Crippen LogP contribution in [0.25, 0.3) is 0 Å². The molecule has 3 nitrogen and oxygen atoms in total. The first-order chi connectivity index (χ1) is 7.46. The Balaban J connectivity index is 2.65.